The molecule has 1 heterocycles. The SMILES string of the molecule is CCCC1CCC(NC)C(N(C)Cc2ccccn2)C1. The van der Waals surface area contributed by atoms with Gasteiger partial charge in [-0.1, -0.05) is 25.8 Å². The summed E-state index contributed by atoms with van der Waals surface area (Å²) in [7, 11) is 4.35. The quantitative estimate of drug-likeness (QED) is 0.865. The van der Waals surface area contributed by atoms with Crippen molar-refractivity contribution in [3.8, 4) is 0 Å². The van der Waals surface area contributed by atoms with Gasteiger partial charge in [-0.05, 0) is 51.4 Å². The van der Waals surface area contributed by atoms with E-state index in [1.807, 2.05) is 12.3 Å². The minimum absolute atomic E-state index is 0.622. The summed E-state index contributed by atoms with van der Waals surface area (Å²) >= 11 is 0. The van der Waals surface area contributed by atoms with Crippen LogP contribution >= 0.6 is 0 Å². The van der Waals surface area contributed by atoms with E-state index in [1.54, 1.807) is 0 Å². The smallest absolute Gasteiger partial charge is 0.0543 e. The van der Waals surface area contributed by atoms with Crippen LogP contribution in [-0.4, -0.2) is 36.1 Å². The molecule has 3 atom stereocenters. The fourth-order valence-electron chi connectivity index (χ4n) is 3.59. The lowest BCUT2D eigenvalue weighted by molar-refractivity contribution is 0.113. The van der Waals surface area contributed by atoms with Crippen molar-refractivity contribution in [2.24, 2.45) is 5.92 Å². The summed E-state index contributed by atoms with van der Waals surface area (Å²) < 4.78 is 0. The first-order valence-corrected chi connectivity index (χ1v) is 8.02. The van der Waals surface area contributed by atoms with Crippen LogP contribution in [0, 0.1) is 5.92 Å². The fraction of sp³-hybridized carbons (Fsp3) is 0.706. The van der Waals surface area contributed by atoms with Crippen molar-refractivity contribution in [1.29, 1.82) is 0 Å². The zero-order chi connectivity index (χ0) is 14.4. The highest BCUT2D eigenvalue weighted by atomic mass is 15.2. The number of hydrogen-bond donors (Lipinski definition) is 1. The standard InChI is InChI=1S/C17H29N3/c1-4-7-14-9-10-16(18-2)17(12-14)20(3)13-15-8-5-6-11-19-15/h5-6,8,11,14,16-18H,4,7,9-10,12-13H2,1-3H3. The van der Waals surface area contributed by atoms with Crippen molar-refractivity contribution in [1.82, 2.24) is 15.2 Å². The average molecular weight is 275 g/mol. The summed E-state index contributed by atoms with van der Waals surface area (Å²) in [5, 5.41) is 3.52. The number of nitrogens with zero attached hydrogens (tertiary/aromatic N) is 2. The summed E-state index contributed by atoms with van der Waals surface area (Å²) in [4.78, 5) is 6.95. The monoisotopic (exact) mass is 275 g/mol. The van der Waals surface area contributed by atoms with Gasteiger partial charge in [0.2, 0.25) is 0 Å². The van der Waals surface area contributed by atoms with E-state index in [2.05, 4.69) is 48.4 Å². The molecular formula is C17H29N3. The van der Waals surface area contributed by atoms with Gasteiger partial charge < -0.3 is 5.32 Å². The Labute approximate surface area is 123 Å². The molecule has 3 heteroatoms. The predicted octanol–water partition coefficient (Wildman–Crippen LogP) is 3.07. The highest BCUT2D eigenvalue weighted by Crippen LogP contribution is 2.31. The van der Waals surface area contributed by atoms with Crippen LogP contribution in [-0.2, 0) is 6.54 Å². The largest absolute Gasteiger partial charge is 0.315 e. The second-order valence-corrected chi connectivity index (χ2v) is 6.17. The van der Waals surface area contributed by atoms with Crippen LogP contribution in [0.1, 0.15) is 44.7 Å². The zero-order valence-electron chi connectivity index (χ0n) is 13.2. The summed E-state index contributed by atoms with van der Waals surface area (Å²) in [5.74, 6) is 0.904. The molecule has 1 fully saturated rings. The molecule has 2 rings (SSSR count). The van der Waals surface area contributed by atoms with Gasteiger partial charge in [-0.25, -0.2) is 0 Å². The molecular weight excluding hydrogens is 246 g/mol. The molecule has 112 valence electrons. The molecule has 0 bridgehead atoms. The number of aromatic nitrogens is 1. The van der Waals surface area contributed by atoms with Gasteiger partial charge in [0.1, 0.15) is 0 Å². The summed E-state index contributed by atoms with van der Waals surface area (Å²) in [6.45, 7) is 3.25. The van der Waals surface area contributed by atoms with Crippen LogP contribution in [0.4, 0.5) is 0 Å². The van der Waals surface area contributed by atoms with Gasteiger partial charge in [-0.15, -0.1) is 0 Å². The third-order valence-corrected chi connectivity index (χ3v) is 4.70. The van der Waals surface area contributed by atoms with Gasteiger partial charge in [0, 0.05) is 24.8 Å². The molecule has 0 amide bonds. The molecule has 0 aromatic carbocycles. The lowest BCUT2D eigenvalue weighted by Crippen LogP contribution is -2.50. The van der Waals surface area contributed by atoms with Crippen molar-refractivity contribution in [3.63, 3.8) is 0 Å². The minimum atomic E-state index is 0.622. The Hall–Kier alpha value is -0.930. The fourth-order valence-corrected chi connectivity index (χ4v) is 3.59. The molecule has 3 nitrogen and oxygen atoms in total. The Balaban J connectivity index is 1.98. The number of pyridine rings is 1. The first-order chi connectivity index (χ1) is 9.74. The maximum atomic E-state index is 4.46. The Bertz CT molecular complexity index is 379. The van der Waals surface area contributed by atoms with Crippen LogP contribution in [0.25, 0.3) is 0 Å². The summed E-state index contributed by atoms with van der Waals surface area (Å²) in [6, 6.07) is 7.44. The van der Waals surface area contributed by atoms with Crippen LogP contribution in [0.3, 0.4) is 0 Å². The van der Waals surface area contributed by atoms with E-state index >= 15 is 0 Å². The lowest BCUT2D eigenvalue weighted by Gasteiger charge is -2.41. The number of likely N-dealkylation sites (N-methyl/N-ethyl adjacent to an activating group) is 2. The molecule has 1 N–H and O–H groups in total. The van der Waals surface area contributed by atoms with Crippen LogP contribution < -0.4 is 5.32 Å². The van der Waals surface area contributed by atoms with E-state index in [1.165, 1.54) is 37.8 Å². The van der Waals surface area contributed by atoms with Crippen molar-refractivity contribution >= 4 is 0 Å². The van der Waals surface area contributed by atoms with Crippen LogP contribution in [0.15, 0.2) is 24.4 Å². The van der Waals surface area contributed by atoms with Gasteiger partial charge in [-0.2, -0.15) is 0 Å². The second-order valence-electron chi connectivity index (χ2n) is 6.17. The summed E-state index contributed by atoms with van der Waals surface area (Å²) in [6.07, 6.45) is 8.59. The maximum absolute atomic E-state index is 4.46. The Kier molecular flexibility index (Phi) is 5.99. The first kappa shape index (κ1) is 15.5. The molecule has 0 aliphatic heterocycles. The van der Waals surface area contributed by atoms with Gasteiger partial charge in [0.05, 0.1) is 5.69 Å². The highest BCUT2D eigenvalue weighted by Gasteiger charge is 2.31. The van der Waals surface area contributed by atoms with E-state index in [0.717, 1.165) is 12.5 Å². The lowest BCUT2D eigenvalue weighted by atomic mass is 9.79. The Morgan fingerprint density at radius 1 is 1.35 bits per heavy atom. The van der Waals surface area contributed by atoms with E-state index < -0.39 is 0 Å². The zero-order valence-corrected chi connectivity index (χ0v) is 13.2. The number of rotatable bonds is 6. The first-order valence-electron chi connectivity index (χ1n) is 8.02. The molecule has 1 aromatic rings. The van der Waals surface area contributed by atoms with Crippen LogP contribution in [0.2, 0.25) is 0 Å². The van der Waals surface area contributed by atoms with Crippen molar-refractivity contribution in [2.75, 3.05) is 14.1 Å². The molecule has 20 heavy (non-hydrogen) atoms. The molecule has 0 saturated heterocycles. The van der Waals surface area contributed by atoms with Crippen molar-refractivity contribution in [3.05, 3.63) is 30.1 Å². The van der Waals surface area contributed by atoms with Gasteiger partial charge in [0.25, 0.3) is 0 Å². The number of nitrogens with one attached hydrogen (secondary N) is 1. The highest BCUT2D eigenvalue weighted by molar-refractivity contribution is 5.04. The van der Waals surface area contributed by atoms with Gasteiger partial charge in [-0.3, -0.25) is 9.88 Å². The molecule has 0 spiro atoms. The molecule has 0 radical (unpaired) electrons. The van der Waals surface area contributed by atoms with E-state index in [0.29, 0.717) is 12.1 Å². The Morgan fingerprint density at radius 3 is 2.85 bits per heavy atom. The predicted molar refractivity (Wildman–Crippen MR) is 84.6 cm³/mol. The van der Waals surface area contributed by atoms with E-state index in [4.69, 9.17) is 0 Å². The third-order valence-electron chi connectivity index (χ3n) is 4.70. The molecule has 3 unspecified atom stereocenters. The molecule has 1 saturated carbocycles. The maximum Gasteiger partial charge on any atom is 0.0543 e. The van der Waals surface area contributed by atoms with E-state index in [-0.39, 0.29) is 0 Å². The Morgan fingerprint density at radius 2 is 2.20 bits per heavy atom. The molecule has 1 aromatic heterocycles. The normalized spacial score (nSPS) is 26.9. The van der Waals surface area contributed by atoms with Crippen molar-refractivity contribution < 1.29 is 0 Å². The summed E-state index contributed by atoms with van der Waals surface area (Å²) in [5.41, 5.74) is 1.17. The molecule has 1 aliphatic carbocycles. The molecule has 1 aliphatic rings. The second kappa shape index (κ2) is 7.75. The number of hydrogen-bond acceptors (Lipinski definition) is 3. The van der Waals surface area contributed by atoms with Gasteiger partial charge >= 0.3 is 0 Å². The topological polar surface area (TPSA) is 28.2 Å². The average Bonchev–Trinajstić information content (AvgIpc) is 2.48. The van der Waals surface area contributed by atoms with Crippen molar-refractivity contribution in [2.45, 2.75) is 57.7 Å². The minimum Gasteiger partial charge on any atom is -0.315 e. The van der Waals surface area contributed by atoms with E-state index in [9.17, 15) is 0 Å². The van der Waals surface area contributed by atoms with Gasteiger partial charge in [0.15, 0.2) is 0 Å². The van der Waals surface area contributed by atoms with Crippen LogP contribution in [0.5, 0.6) is 0 Å². The third kappa shape index (κ3) is 4.03.